The minimum absolute atomic E-state index is 0.889. The fourth-order valence-corrected chi connectivity index (χ4v) is 2.24. The number of nitrogens with zero attached hydrogens (tertiary/aromatic N) is 3. The molecule has 3 heteroatoms. The van der Waals surface area contributed by atoms with Crippen LogP contribution in [0, 0.1) is 6.92 Å². The number of aryl methyl sites for hydroxylation is 3. The van der Waals surface area contributed by atoms with Gasteiger partial charge in [0.1, 0.15) is 0 Å². The van der Waals surface area contributed by atoms with E-state index in [4.69, 9.17) is 0 Å². The van der Waals surface area contributed by atoms with Crippen LogP contribution >= 0.6 is 0 Å². The fraction of sp³-hybridized carbons (Fsp3) is 0.200. The Balaban J connectivity index is 1.87. The van der Waals surface area contributed by atoms with Crippen molar-refractivity contribution < 1.29 is 0 Å². The summed E-state index contributed by atoms with van der Waals surface area (Å²) in [5.74, 6) is 0. The van der Waals surface area contributed by atoms with Crippen LogP contribution in [0.15, 0.2) is 48.8 Å². The van der Waals surface area contributed by atoms with Gasteiger partial charge < -0.3 is 0 Å². The predicted octanol–water partition coefficient (Wildman–Crippen LogP) is 2.98. The summed E-state index contributed by atoms with van der Waals surface area (Å²) in [5, 5.41) is 5.84. The van der Waals surface area contributed by atoms with E-state index in [9.17, 15) is 0 Å². The van der Waals surface area contributed by atoms with Crippen molar-refractivity contribution in [2.24, 2.45) is 0 Å². The van der Waals surface area contributed by atoms with E-state index >= 15 is 0 Å². The van der Waals surface area contributed by atoms with Gasteiger partial charge in [0, 0.05) is 24.3 Å². The second-order valence-electron chi connectivity index (χ2n) is 4.44. The first-order chi connectivity index (χ1) is 8.84. The molecule has 0 fully saturated rings. The number of benzene rings is 1. The number of hydrogen-bond acceptors (Lipinski definition) is 2. The maximum absolute atomic E-state index is 4.60. The molecule has 3 rings (SSSR count). The van der Waals surface area contributed by atoms with Crippen molar-refractivity contribution in [1.82, 2.24) is 14.8 Å². The molecule has 0 saturated carbocycles. The van der Waals surface area contributed by atoms with Gasteiger partial charge in [0.2, 0.25) is 0 Å². The molecule has 0 N–H and O–H groups in total. The van der Waals surface area contributed by atoms with Crippen LogP contribution in [0.2, 0.25) is 0 Å². The van der Waals surface area contributed by atoms with E-state index in [1.807, 2.05) is 12.3 Å². The molecular weight excluding hydrogens is 222 g/mol. The third-order valence-electron chi connectivity index (χ3n) is 3.18. The van der Waals surface area contributed by atoms with Gasteiger partial charge in [0.25, 0.3) is 0 Å². The largest absolute Gasteiger partial charge is 0.264 e. The van der Waals surface area contributed by atoms with E-state index in [1.54, 1.807) is 6.20 Å². The van der Waals surface area contributed by atoms with Gasteiger partial charge in [-0.1, -0.05) is 24.3 Å². The molecule has 0 bridgehead atoms. The molecule has 0 amide bonds. The highest BCUT2D eigenvalue weighted by molar-refractivity contribution is 5.81. The average molecular weight is 237 g/mol. The molecular formula is C15H15N3. The lowest BCUT2D eigenvalue weighted by Crippen LogP contribution is -2.03. The molecule has 0 aliphatic rings. The smallest absolute Gasteiger partial charge is 0.0685 e. The Hall–Kier alpha value is -2.16. The molecule has 0 spiro atoms. The standard InChI is InChI=1S/C15H15N3/c1-12-14-6-2-3-7-15(14)18(17-12)10-8-13-5-4-9-16-11-13/h2-7,9,11H,8,10H2,1H3. The highest BCUT2D eigenvalue weighted by atomic mass is 15.3. The zero-order valence-electron chi connectivity index (χ0n) is 10.4. The number of para-hydroxylation sites is 1. The molecule has 3 aromatic rings. The van der Waals surface area contributed by atoms with Crippen LogP contribution in [-0.4, -0.2) is 14.8 Å². The van der Waals surface area contributed by atoms with Crippen LogP contribution in [-0.2, 0) is 13.0 Å². The lowest BCUT2D eigenvalue weighted by Gasteiger charge is -2.03. The molecule has 2 heterocycles. The minimum Gasteiger partial charge on any atom is -0.264 e. The molecule has 0 aliphatic heterocycles. The van der Waals surface area contributed by atoms with Crippen molar-refractivity contribution in [3.8, 4) is 0 Å². The van der Waals surface area contributed by atoms with E-state index in [1.165, 1.54) is 16.5 Å². The van der Waals surface area contributed by atoms with Gasteiger partial charge in [-0.2, -0.15) is 5.10 Å². The van der Waals surface area contributed by atoms with Crippen LogP contribution in [0.25, 0.3) is 10.9 Å². The van der Waals surface area contributed by atoms with Gasteiger partial charge in [-0.3, -0.25) is 9.67 Å². The summed E-state index contributed by atoms with van der Waals surface area (Å²) in [6.07, 6.45) is 4.68. The molecule has 0 saturated heterocycles. The Morgan fingerprint density at radius 2 is 2.00 bits per heavy atom. The van der Waals surface area contributed by atoms with Crippen molar-refractivity contribution in [2.75, 3.05) is 0 Å². The summed E-state index contributed by atoms with van der Waals surface area (Å²) < 4.78 is 2.08. The van der Waals surface area contributed by atoms with Crippen LogP contribution in [0.3, 0.4) is 0 Å². The lowest BCUT2D eigenvalue weighted by atomic mass is 10.2. The molecule has 0 aliphatic carbocycles. The topological polar surface area (TPSA) is 30.7 Å². The van der Waals surface area contributed by atoms with E-state index in [2.05, 4.69) is 52.0 Å². The number of fused-ring (bicyclic) bond motifs is 1. The average Bonchev–Trinajstić information content (AvgIpc) is 2.75. The first kappa shape index (κ1) is 11.0. The Bertz CT molecular complexity index is 656. The zero-order chi connectivity index (χ0) is 12.4. The Kier molecular flexibility index (Phi) is 2.81. The maximum atomic E-state index is 4.60. The third-order valence-corrected chi connectivity index (χ3v) is 3.18. The number of rotatable bonds is 3. The Morgan fingerprint density at radius 3 is 2.83 bits per heavy atom. The van der Waals surface area contributed by atoms with E-state index in [0.717, 1.165) is 18.7 Å². The van der Waals surface area contributed by atoms with Crippen molar-refractivity contribution >= 4 is 10.9 Å². The molecule has 18 heavy (non-hydrogen) atoms. The van der Waals surface area contributed by atoms with Gasteiger partial charge in [-0.15, -0.1) is 0 Å². The highest BCUT2D eigenvalue weighted by Gasteiger charge is 2.05. The summed E-state index contributed by atoms with van der Waals surface area (Å²) in [7, 11) is 0. The number of hydrogen-bond donors (Lipinski definition) is 0. The Morgan fingerprint density at radius 1 is 1.11 bits per heavy atom. The molecule has 0 radical (unpaired) electrons. The number of pyridine rings is 1. The van der Waals surface area contributed by atoms with Crippen molar-refractivity contribution in [3.05, 3.63) is 60.0 Å². The number of aromatic nitrogens is 3. The van der Waals surface area contributed by atoms with Gasteiger partial charge >= 0.3 is 0 Å². The van der Waals surface area contributed by atoms with E-state index in [-0.39, 0.29) is 0 Å². The van der Waals surface area contributed by atoms with Gasteiger partial charge in [-0.25, -0.2) is 0 Å². The SMILES string of the molecule is Cc1nn(CCc2cccnc2)c2ccccc12. The fourth-order valence-electron chi connectivity index (χ4n) is 2.24. The van der Waals surface area contributed by atoms with Gasteiger partial charge in [-0.05, 0) is 31.0 Å². The van der Waals surface area contributed by atoms with Crippen LogP contribution < -0.4 is 0 Å². The van der Waals surface area contributed by atoms with E-state index in [0.29, 0.717) is 0 Å². The third kappa shape index (κ3) is 1.99. The molecule has 90 valence electrons. The predicted molar refractivity (Wildman–Crippen MR) is 72.4 cm³/mol. The first-order valence-corrected chi connectivity index (χ1v) is 6.15. The highest BCUT2D eigenvalue weighted by Crippen LogP contribution is 2.17. The monoisotopic (exact) mass is 237 g/mol. The second-order valence-corrected chi connectivity index (χ2v) is 4.44. The van der Waals surface area contributed by atoms with Crippen LogP contribution in [0.5, 0.6) is 0 Å². The summed E-state index contributed by atoms with van der Waals surface area (Å²) in [4.78, 5) is 4.13. The quantitative estimate of drug-likeness (QED) is 0.701. The summed E-state index contributed by atoms with van der Waals surface area (Å²) >= 11 is 0. The molecule has 0 unspecified atom stereocenters. The van der Waals surface area contributed by atoms with Gasteiger partial charge in [0.05, 0.1) is 11.2 Å². The van der Waals surface area contributed by atoms with Gasteiger partial charge in [0.15, 0.2) is 0 Å². The normalized spacial score (nSPS) is 10.9. The van der Waals surface area contributed by atoms with Crippen molar-refractivity contribution in [3.63, 3.8) is 0 Å². The van der Waals surface area contributed by atoms with Crippen LogP contribution in [0.1, 0.15) is 11.3 Å². The maximum Gasteiger partial charge on any atom is 0.0685 e. The summed E-state index contributed by atoms with van der Waals surface area (Å²) in [5.41, 5.74) is 3.55. The first-order valence-electron chi connectivity index (χ1n) is 6.15. The molecule has 2 aromatic heterocycles. The van der Waals surface area contributed by atoms with Crippen molar-refractivity contribution in [2.45, 2.75) is 19.9 Å². The zero-order valence-corrected chi connectivity index (χ0v) is 10.4. The molecule has 0 atom stereocenters. The summed E-state index contributed by atoms with van der Waals surface area (Å²) in [6.45, 7) is 2.95. The minimum atomic E-state index is 0.889. The summed E-state index contributed by atoms with van der Waals surface area (Å²) in [6, 6.07) is 12.4. The van der Waals surface area contributed by atoms with Crippen LogP contribution in [0.4, 0.5) is 0 Å². The lowest BCUT2D eigenvalue weighted by molar-refractivity contribution is 0.629. The second kappa shape index (κ2) is 4.61. The molecule has 3 nitrogen and oxygen atoms in total. The van der Waals surface area contributed by atoms with E-state index < -0.39 is 0 Å². The molecule has 1 aromatic carbocycles. The Labute approximate surface area is 106 Å². The van der Waals surface area contributed by atoms with Crippen molar-refractivity contribution in [1.29, 1.82) is 0 Å².